The van der Waals surface area contributed by atoms with Crippen LogP contribution in [0.5, 0.6) is 0 Å². The maximum Gasteiger partial charge on any atom is 0.147 e. The number of aromatic nitrogens is 3. The fraction of sp³-hybridized carbons (Fsp3) is 0.318. The van der Waals surface area contributed by atoms with Gasteiger partial charge < -0.3 is 21.5 Å². The summed E-state index contributed by atoms with van der Waals surface area (Å²) in [5.41, 5.74) is 17.1. The standard InChI is InChI=1S/C22H24N6OS/c1-22(2)9-17-13(10-29-22)8-14-18-19(30-21(14)28-17)20(27-11-26-18)25-6-5-12-3-4-15(23)16(24)7-12/h3-4,7-8,11H,5-6,9-10,23-24H2,1-2H3,(H,25,26,27). The molecule has 0 fully saturated rings. The minimum atomic E-state index is -0.178. The van der Waals surface area contributed by atoms with Crippen LogP contribution in [-0.2, 0) is 24.2 Å². The number of pyridine rings is 1. The fourth-order valence-corrected chi connectivity index (χ4v) is 4.91. The van der Waals surface area contributed by atoms with Crippen molar-refractivity contribution in [3.63, 3.8) is 0 Å². The number of nitrogens with two attached hydrogens (primary N) is 2. The van der Waals surface area contributed by atoms with Crippen LogP contribution in [0.1, 0.15) is 30.7 Å². The van der Waals surface area contributed by atoms with E-state index >= 15 is 0 Å². The molecule has 8 heteroatoms. The molecule has 1 aliphatic rings. The van der Waals surface area contributed by atoms with Gasteiger partial charge in [0.1, 0.15) is 17.0 Å². The van der Waals surface area contributed by atoms with E-state index in [4.69, 9.17) is 21.2 Å². The van der Waals surface area contributed by atoms with E-state index in [2.05, 4.69) is 35.2 Å². The monoisotopic (exact) mass is 420 g/mol. The first-order valence-electron chi connectivity index (χ1n) is 9.97. The Balaban J connectivity index is 1.44. The first-order chi connectivity index (χ1) is 14.4. The van der Waals surface area contributed by atoms with Gasteiger partial charge in [0.15, 0.2) is 0 Å². The minimum Gasteiger partial charge on any atom is -0.397 e. The van der Waals surface area contributed by atoms with Gasteiger partial charge in [-0.2, -0.15) is 0 Å². The molecule has 0 unspecified atom stereocenters. The smallest absolute Gasteiger partial charge is 0.147 e. The van der Waals surface area contributed by atoms with Crippen LogP contribution in [0.25, 0.3) is 20.4 Å². The van der Waals surface area contributed by atoms with Crippen molar-refractivity contribution < 1.29 is 4.74 Å². The number of fused-ring (bicyclic) bond motifs is 4. The molecule has 3 aromatic heterocycles. The molecule has 1 aromatic carbocycles. The minimum absolute atomic E-state index is 0.178. The van der Waals surface area contributed by atoms with Gasteiger partial charge in [-0.3, -0.25) is 0 Å². The predicted octanol–water partition coefficient (Wildman–Crippen LogP) is 3.91. The van der Waals surface area contributed by atoms with Crippen molar-refractivity contribution in [3.8, 4) is 0 Å². The molecule has 5 rings (SSSR count). The van der Waals surface area contributed by atoms with Crippen molar-refractivity contribution in [2.45, 2.75) is 38.9 Å². The molecule has 0 amide bonds. The Kier molecular flexibility index (Phi) is 4.48. The van der Waals surface area contributed by atoms with Gasteiger partial charge in [-0.05, 0) is 44.0 Å². The first-order valence-corrected chi connectivity index (χ1v) is 10.8. The number of nitrogen functional groups attached to an aromatic ring is 2. The van der Waals surface area contributed by atoms with Crippen LogP contribution in [0.2, 0.25) is 0 Å². The third kappa shape index (κ3) is 3.42. The lowest BCUT2D eigenvalue weighted by molar-refractivity contribution is -0.0411. The second kappa shape index (κ2) is 7.07. The molecule has 0 spiro atoms. The molecular formula is C22H24N6OS. The second-order valence-electron chi connectivity index (χ2n) is 8.31. The Morgan fingerprint density at radius 3 is 2.87 bits per heavy atom. The van der Waals surface area contributed by atoms with E-state index in [0.717, 1.165) is 62.5 Å². The number of ether oxygens (including phenoxy) is 1. The zero-order chi connectivity index (χ0) is 20.9. The van der Waals surface area contributed by atoms with Gasteiger partial charge >= 0.3 is 0 Å². The fourth-order valence-electron chi connectivity index (χ4n) is 3.82. The molecule has 0 radical (unpaired) electrons. The Morgan fingerprint density at radius 2 is 2.03 bits per heavy atom. The summed E-state index contributed by atoms with van der Waals surface area (Å²) in [7, 11) is 0. The number of nitrogens with one attached hydrogen (secondary N) is 1. The highest BCUT2D eigenvalue weighted by atomic mass is 32.1. The third-order valence-electron chi connectivity index (χ3n) is 5.48. The summed E-state index contributed by atoms with van der Waals surface area (Å²) in [5.74, 6) is 0.834. The average molecular weight is 421 g/mol. The highest BCUT2D eigenvalue weighted by Crippen LogP contribution is 2.37. The van der Waals surface area contributed by atoms with E-state index in [1.807, 2.05) is 18.2 Å². The van der Waals surface area contributed by atoms with E-state index in [9.17, 15) is 0 Å². The van der Waals surface area contributed by atoms with Crippen LogP contribution in [0.3, 0.4) is 0 Å². The molecule has 154 valence electrons. The van der Waals surface area contributed by atoms with Crippen LogP contribution in [-0.4, -0.2) is 27.1 Å². The molecule has 30 heavy (non-hydrogen) atoms. The molecule has 0 saturated carbocycles. The van der Waals surface area contributed by atoms with Crippen molar-refractivity contribution in [3.05, 3.63) is 47.4 Å². The Morgan fingerprint density at radius 1 is 1.17 bits per heavy atom. The lowest BCUT2D eigenvalue weighted by Gasteiger charge is -2.30. The zero-order valence-electron chi connectivity index (χ0n) is 17.0. The van der Waals surface area contributed by atoms with Gasteiger partial charge in [-0.1, -0.05) is 6.07 Å². The van der Waals surface area contributed by atoms with Gasteiger partial charge in [0.2, 0.25) is 0 Å². The van der Waals surface area contributed by atoms with Crippen LogP contribution >= 0.6 is 11.3 Å². The van der Waals surface area contributed by atoms with Crippen molar-refractivity contribution in [1.82, 2.24) is 15.0 Å². The number of thiophene rings is 1. The quantitative estimate of drug-likeness (QED) is 0.429. The third-order valence-corrected chi connectivity index (χ3v) is 6.58. The average Bonchev–Trinajstić information content (AvgIpc) is 3.06. The van der Waals surface area contributed by atoms with Gasteiger partial charge in [0.25, 0.3) is 0 Å². The van der Waals surface area contributed by atoms with Crippen molar-refractivity contribution in [2.75, 3.05) is 23.3 Å². The molecule has 0 atom stereocenters. The van der Waals surface area contributed by atoms with Crippen LogP contribution in [0.15, 0.2) is 30.6 Å². The molecule has 5 N–H and O–H groups in total. The summed E-state index contributed by atoms with van der Waals surface area (Å²) in [4.78, 5) is 15.0. The van der Waals surface area contributed by atoms with E-state index < -0.39 is 0 Å². The summed E-state index contributed by atoms with van der Waals surface area (Å²) in [5, 5.41) is 4.51. The van der Waals surface area contributed by atoms with Crippen LogP contribution < -0.4 is 16.8 Å². The maximum absolute atomic E-state index is 5.97. The highest BCUT2D eigenvalue weighted by molar-refractivity contribution is 7.25. The topological polar surface area (TPSA) is 112 Å². The number of hydrogen-bond acceptors (Lipinski definition) is 8. The number of nitrogens with zero attached hydrogens (tertiary/aromatic N) is 3. The maximum atomic E-state index is 5.97. The molecule has 4 heterocycles. The molecule has 0 saturated heterocycles. The Hall–Kier alpha value is -2.97. The van der Waals surface area contributed by atoms with Crippen LogP contribution in [0.4, 0.5) is 17.2 Å². The van der Waals surface area contributed by atoms with Crippen molar-refractivity contribution in [1.29, 1.82) is 0 Å². The molecular weight excluding hydrogens is 396 g/mol. The number of hydrogen-bond donors (Lipinski definition) is 3. The second-order valence-corrected chi connectivity index (χ2v) is 9.31. The lowest BCUT2D eigenvalue weighted by Crippen LogP contribution is -2.32. The van der Waals surface area contributed by atoms with Gasteiger partial charge in [0.05, 0.1) is 39.5 Å². The number of rotatable bonds is 4. The summed E-state index contributed by atoms with van der Waals surface area (Å²) < 4.78 is 6.99. The molecule has 0 bridgehead atoms. The predicted molar refractivity (Wildman–Crippen MR) is 123 cm³/mol. The van der Waals surface area contributed by atoms with E-state index in [1.54, 1.807) is 17.7 Å². The van der Waals surface area contributed by atoms with Gasteiger partial charge in [0, 0.05) is 23.9 Å². The Labute approximate surface area is 178 Å². The summed E-state index contributed by atoms with van der Waals surface area (Å²) >= 11 is 1.64. The SMILES string of the molecule is CC1(C)Cc2nc3sc4c(NCCc5ccc(N)c(N)c5)ncnc4c3cc2CO1. The molecule has 4 aromatic rings. The molecule has 1 aliphatic heterocycles. The number of anilines is 3. The largest absolute Gasteiger partial charge is 0.397 e. The lowest BCUT2D eigenvalue weighted by atomic mass is 9.95. The summed E-state index contributed by atoms with van der Waals surface area (Å²) in [6, 6.07) is 7.95. The van der Waals surface area contributed by atoms with Crippen LogP contribution in [0, 0.1) is 0 Å². The Bertz CT molecular complexity index is 1270. The zero-order valence-corrected chi connectivity index (χ0v) is 17.8. The summed E-state index contributed by atoms with van der Waals surface area (Å²) in [6.07, 6.45) is 3.24. The number of benzene rings is 1. The molecule has 0 aliphatic carbocycles. The van der Waals surface area contributed by atoms with Crippen molar-refractivity contribution >= 4 is 49.0 Å². The van der Waals surface area contributed by atoms with Gasteiger partial charge in [-0.25, -0.2) is 15.0 Å². The van der Waals surface area contributed by atoms with E-state index in [1.165, 1.54) is 0 Å². The van der Waals surface area contributed by atoms with Gasteiger partial charge in [-0.15, -0.1) is 11.3 Å². The highest BCUT2D eigenvalue weighted by Gasteiger charge is 2.28. The van der Waals surface area contributed by atoms with E-state index in [-0.39, 0.29) is 5.60 Å². The van der Waals surface area contributed by atoms with E-state index in [0.29, 0.717) is 18.0 Å². The summed E-state index contributed by atoms with van der Waals surface area (Å²) in [6.45, 7) is 5.53. The van der Waals surface area contributed by atoms with Crippen molar-refractivity contribution in [2.24, 2.45) is 0 Å². The first kappa shape index (κ1) is 19.0. The normalized spacial score (nSPS) is 15.4. The molecule has 7 nitrogen and oxygen atoms in total.